The smallest absolute Gasteiger partial charge is 0.226 e. The van der Waals surface area contributed by atoms with Gasteiger partial charge in [0, 0.05) is 16.5 Å². The largest absolute Gasteiger partial charge is 0.350 e. The minimum Gasteiger partial charge on any atom is -0.350 e. The number of carbonyl (C=O) groups excluding carboxylic acids is 1. The van der Waals surface area contributed by atoms with Crippen molar-refractivity contribution in [3.05, 3.63) is 0 Å². The first kappa shape index (κ1) is 25.4. The number of nitrogens with two attached hydrogens (primary N) is 1. The predicted molar refractivity (Wildman–Crippen MR) is 115 cm³/mol. The van der Waals surface area contributed by atoms with Gasteiger partial charge < -0.3 is 11.1 Å². The lowest BCUT2D eigenvalue weighted by atomic mass is 9.78. The maximum absolute atomic E-state index is 13.0. The van der Waals surface area contributed by atoms with Gasteiger partial charge in [-0.3, -0.25) is 4.79 Å². The van der Waals surface area contributed by atoms with E-state index < -0.39 is 5.41 Å². The topological polar surface area (TPSA) is 55.1 Å². The number of amides is 1. The third kappa shape index (κ3) is 11.9. The molecular formula is C23H48N2O. The average molecular weight is 369 g/mol. The molecule has 0 aliphatic rings. The zero-order valence-electron chi connectivity index (χ0n) is 19.0. The summed E-state index contributed by atoms with van der Waals surface area (Å²) in [6.45, 7) is 14.8. The Bertz CT molecular complexity index is 384. The summed E-state index contributed by atoms with van der Waals surface area (Å²) in [4.78, 5) is 13.0. The van der Waals surface area contributed by atoms with Gasteiger partial charge in [-0.1, -0.05) is 85.5 Å². The summed E-state index contributed by atoms with van der Waals surface area (Å²) < 4.78 is 0. The molecule has 1 unspecified atom stereocenters. The van der Waals surface area contributed by atoms with Crippen molar-refractivity contribution in [2.45, 2.75) is 137 Å². The van der Waals surface area contributed by atoms with Crippen molar-refractivity contribution in [1.82, 2.24) is 5.32 Å². The van der Waals surface area contributed by atoms with Crippen LogP contribution in [0.15, 0.2) is 0 Å². The van der Waals surface area contributed by atoms with Gasteiger partial charge in [0.2, 0.25) is 5.91 Å². The van der Waals surface area contributed by atoms with Crippen molar-refractivity contribution in [2.75, 3.05) is 0 Å². The van der Waals surface area contributed by atoms with E-state index in [1.807, 2.05) is 27.7 Å². The van der Waals surface area contributed by atoms with E-state index in [2.05, 4.69) is 26.1 Å². The van der Waals surface area contributed by atoms with Crippen LogP contribution >= 0.6 is 0 Å². The third-order valence-corrected chi connectivity index (χ3v) is 5.34. The molecule has 1 amide bonds. The second-order valence-corrected chi connectivity index (χ2v) is 10.0. The molecule has 3 N–H and O–H groups in total. The van der Waals surface area contributed by atoms with E-state index in [1.54, 1.807) is 0 Å². The van der Waals surface area contributed by atoms with E-state index >= 15 is 0 Å². The van der Waals surface area contributed by atoms with Crippen molar-refractivity contribution in [3.63, 3.8) is 0 Å². The summed E-state index contributed by atoms with van der Waals surface area (Å²) in [5.74, 6) is 0.155. The van der Waals surface area contributed by atoms with Gasteiger partial charge in [-0.2, -0.15) is 0 Å². The molecule has 0 spiro atoms. The highest BCUT2D eigenvalue weighted by atomic mass is 16.2. The Balaban J connectivity index is 4.82. The van der Waals surface area contributed by atoms with Crippen molar-refractivity contribution in [1.29, 1.82) is 0 Å². The number of unbranched alkanes of at least 4 members (excludes halogenated alkanes) is 7. The summed E-state index contributed by atoms with van der Waals surface area (Å²) in [5, 5.41) is 3.43. The zero-order chi connectivity index (χ0) is 20.3. The van der Waals surface area contributed by atoms with Gasteiger partial charge in [0.05, 0.1) is 0 Å². The van der Waals surface area contributed by atoms with Crippen molar-refractivity contribution < 1.29 is 4.79 Å². The molecular weight excluding hydrogens is 320 g/mol. The maximum Gasteiger partial charge on any atom is 0.226 e. The quantitative estimate of drug-likeness (QED) is 0.331. The standard InChI is InChI=1S/C23H48N2O/c1-8-10-12-14-16-18-23(7,17-15-13-11-9-2)25-20(26)21(3,4)19-22(5,6)24/h8-19,24H2,1-7H3,(H,25,26). The van der Waals surface area contributed by atoms with Crippen LogP contribution in [-0.4, -0.2) is 17.0 Å². The molecule has 0 aromatic carbocycles. The molecule has 1 atom stereocenters. The number of nitrogens with one attached hydrogen (secondary N) is 1. The second-order valence-electron chi connectivity index (χ2n) is 10.0. The molecule has 0 rings (SSSR count). The molecule has 3 nitrogen and oxygen atoms in total. The Hall–Kier alpha value is -0.570. The SMILES string of the molecule is CCCCCCCC(C)(CCCCCC)NC(=O)C(C)(C)CC(C)(C)N. The Morgan fingerprint density at radius 1 is 0.769 bits per heavy atom. The summed E-state index contributed by atoms with van der Waals surface area (Å²) >= 11 is 0. The Morgan fingerprint density at radius 3 is 1.62 bits per heavy atom. The van der Waals surface area contributed by atoms with E-state index in [4.69, 9.17) is 5.73 Å². The summed E-state index contributed by atoms with van der Waals surface area (Å²) in [6, 6.07) is 0. The summed E-state index contributed by atoms with van der Waals surface area (Å²) in [7, 11) is 0. The van der Waals surface area contributed by atoms with Gasteiger partial charge in [-0.15, -0.1) is 0 Å². The van der Waals surface area contributed by atoms with Gasteiger partial charge in [0.1, 0.15) is 0 Å². The molecule has 0 aromatic heterocycles. The first-order chi connectivity index (χ1) is 12.0. The van der Waals surface area contributed by atoms with E-state index in [0.29, 0.717) is 6.42 Å². The molecule has 0 heterocycles. The first-order valence-corrected chi connectivity index (χ1v) is 11.1. The molecule has 0 aliphatic carbocycles. The summed E-state index contributed by atoms with van der Waals surface area (Å²) in [6.07, 6.45) is 14.2. The van der Waals surface area contributed by atoms with Crippen LogP contribution in [0.2, 0.25) is 0 Å². The Morgan fingerprint density at radius 2 is 1.19 bits per heavy atom. The van der Waals surface area contributed by atoms with Gasteiger partial charge >= 0.3 is 0 Å². The minimum absolute atomic E-state index is 0.0902. The lowest BCUT2D eigenvalue weighted by Crippen LogP contribution is -2.53. The van der Waals surface area contributed by atoms with Crippen LogP contribution in [0, 0.1) is 5.41 Å². The normalized spacial score (nSPS) is 14.9. The van der Waals surface area contributed by atoms with Crippen LogP contribution in [0.4, 0.5) is 0 Å². The fraction of sp³-hybridized carbons (Fsp3) is 0.957. The molecule has 0 aliphatic heterocycles. The van der Waals surface area contributed by atoms with Gasteiger partial charge in [-0.05, 0) is 40.0 Å². The van der Waals surface area contributed by atoms with E-state index in [1.165, 1.54) is 57.8 Å². The fourth-order valence-corrected chi connectivity index (χ4v) is 3.97. The Labute approximate surface area is 164 Å². The predicted octanol–water partition coefficient (Wildman–Crippen LogP) is 6.35. The summed E-state index contributed by atoms with van der Waals surface area (Å²) in [5.41, 5.74) is 5.32. The fourth-order valence-electron chi connectivity index (χ4n) is 3.97. The maximum atomic E-state index is 13.0. The minimum atomic E-state index is -0.439. The number of hydrogen-bond acceptors (Lipinski definition) is 2. The third-order valence-electron chi connectivity index (χ3n) is 5.34. The number of carbonyl (C=O) groups is 1. The molecule has 0 radical (unpaired) electrons. The lowest BCUT2D eigenvalue weighted by Gasteiger charge is -2.37. The molecule has 0 saturated carbocycles. The highest BCUT2D eigenvalue weighted by molar-refractivity contribution is 5.82. The molecule has 0 saturated heterocycles. The zero-order valence-corrected chi connectivity index (χ0v) is 19.0. The van der Waals surface area contributed by atoms with Crippen molar-refractivity contribution in [2.24, 2.45) is 11.1 Å². The van der Waals surface area contributed by atoms with E-state index in [0.717, 1.165) is 12.8 Å². The van der Waals surface area contributed by atoms with E-state index in [9.17, 15) is 4.79 Å². The molecule has 0 fully saturated rings. The average Bonchev–Trinajstić information content (AvgIpc) is 2.49. The molecule has 0 aromatic rings. The second kappa shape index (κ2) is 12.0. The van der Waals surface area contributed by atoms with E-state index in [-0.39, 0.29) is 17.0 Å². The number of hydrogen-bond donors (Lipinski definition) is 2. The molecule has 0 bridgehead atoms. The van der Waals surface area contributed by atoms with Crippen LogP contribution in [0.1, 0.15) is 126 Å². The van der Waals surface area contributed by atoms with Crippen LogP contribution in [0.25, 0.3) is 0 Å². The highest BCUT2D eigenvalue weighted by Gasteiger charge is 2.36. The molecule has 3 heteroatoms. The van der Waals surface area contributed by atoms with Crippen LogP contribution in [0.3, 0.4) is 0 Å². The monoisotopic (exact) mass is 368 g/mol. The number of rotatable bonds is 15. The molecule has 26 heavy (non-hydrogen) atoms. The van der Waals surface area contributed by atoms with Crippen LogP contribution < -0.4 is 11.1 Å². The van der Waals surface area contributed by atoms with Crippen molar-refractivity contribution in [3.8, 4) is 0 Å². The van der Waals surface area contributed by atoms with Crippen LogP contribution in [0.5, 0.6) is 0 Å². The first-order valence-electron chi connectivity index (χ1n) is 11.1. The highest BCUT2D eigenvalue weighted by Crippen LogP contribution is 2.30. The van der Waals surface area contributed by atoms with Gasteiger partial charge in [0.15, 0.2) is 0 Å². The Kier molecular flexibility index (Phi) is 11.7. The molecule has 156 valence electrons. The van der Waals surface area contributed by atoms with Gasteiger partial charge in [-0.25, -0.2) is 0 Å². The van der Waals surface area contributed by atoms with Gasteiger partial charge in [0.25, 0.3) is 0 Å². The van der Waals surface area contributed by atoms with Crippen molar-refractivity contribution >= 4 is 5.91 Å². The van der Waals surface area contributed by atoms with Crippen LogP contribution in [-0.2, 0) is 4.79 Å². The lowest BCUT2D eigenvalue weighted by molar-refractivity contribution is -0.132.